The first-order valence-electron chi connectivity index (χ1n) is 8.50. The molecule has 2 unspecified atom stereocenters. The Labute approximate surface area is 156 Å². The number of benzene rings is 1. The van der Waals surface area contributed by atoms with Gasteiger partial charge in [0, 0.05) is 7.05 Å². The summed E-state index contributed by atoms with van der Waals surface area (Å²) >= 11 is 0. The summed E-state index contributed by atoms with van der Waals surface area (Å²) in [6, 6.07) is 3.39. The predicted molar refractivity (Wildman–Crippen MR) is 94.7 cm³/mol. The van der Waals surface area contributed by atoms with E-state index in [1.807, 2.05) is 0 Å². The molecule has 1 fully saturated rings. The average Bonchev–Trinajstić information content (AvgIpc) is 2.57. The number of anilines is 1. The maximum Gasteiger partial charge on any atom is 0.416 e. The van der Waals surface area contributed by atoms with Crippen LogP contribution in [-0.4, -0.2) is 56.3 Å². The number of sulfonamides is 1. The number of carbonyl (C=O) groups is 1. The summed E-state index contributed by atoms with van der Waals surface area (Å²) in [5, 5.41) is 10.1. The summed E-state index contributed by atoms with van der Waals surface area (Å²) < 4.78 is 63.7. The van der Waals surface area contributed by atoms with Crippen molar-refractivity contribution in [2.24, 2.45) is 0 Å². The number of likely N-dealkylation sites (N-methyl/N-ethyl adjacent to an activating group) is 1. The van der Waals surface area contributed by atoms with Gasteiger partial charge in [-0.15, -0.1) is 0 Å². The molecule has 1 saturated carbocycles. The molecule has 0 radical (unpaired) electrons. The molecular formula is C17H23F3N2O4S. The molecule has 27 heavy (non-hydrogen) atoms. The van der Waals surface area contributed by atoms with Crippen LogP contribution >= 0.6 is 0 Å². The van der Waals surface area contributed by atoms with Crippen LogP contribution in [0, 0.1) is 0 Å². The molecule has 2 rings (SSSR count). The van der Waals surface area contributed by atoms with Crippen molar-refractivity contribution >= 4 is 21.6 Å². The Bertz CT molecular complexity index is 783. The van der Waals surface area contributed by atoms with Crippen LogP contribution in [0.3, 0.4) is 0 Å². The fourth-order valence-corrected chi connectivity index (χ4v) is 4.04. The highest BCUT2D eigenvalue weighted by Gasteiger charge is 2.34. The molecule has 1 N–H and O–H groups in total. The number of alkyl halides is 3. The molecule has 1 amide bonds. The van der Waals surface area contributed by atoms with E-state index in [0.29, 0.717) is 23.2 Å². The van der Waals surface area contributed by atoms with E-state index in [2.05, 4.69) is 0 Å². The molecule has 0 bridgehead atoms. The van der Waals surface area contributed by atoms with E-state index in [1.54, 1.807) is 0 Å². The van der Waals surface area contributed by atoms with Gasteiger partial charge in [0.25, 0.3) is 0 Å². The smallest absolute Gasteiger partial charge is 0.391 e. The maximum absolute atomic E-state index is 12.9. The Morgan fingerprint density at radius 3 is 2.44 bits per heavy atom. The molecule has 2 atom stereocenters. The normalized spacial score (nSPS) is 21.0. The van der Waals surface area contributed by atoms with Crippen molar-refractivity contribution in [1.82, 2.24) is 4.90 Å². The third-order valence-electron chi connectivity index (χ3n) is 4.73. The minimum Gasteiger partial charge on any atom is -0.391 e. The number of aliphatic hydroxyl groups is 1. The standard InChI is InChI=1S/C17H23F3N2O4S/c1-21(14-8-3-4-9-15(14)23)16(24)11-22(27(2,25)26)13-7-5-6-12(10-13)17(18,19)20/h5-7,10,14-15,23H,3-4,8-9,11H2,1-2H3. The fourth-order valence-electron chi connectivity index (χ4n) is 3.20. The monoisotopic (exact) mass is 408 g/mol. The lowest BCUT2D eigenvalue weighted by atomic mass is 9.91. The molecule has 0 aliphatic heterocycles. The predicted octanol–water partition coefficient (Wildman–Crippen LogP) is 2.23. The molecule has 10 heteroatoms. The van der Waals surface area contributed by atoms with Crippen LogP contribution in [0.2, 0.25) is 0 Å². The van der Waals surface area contributed by atoms with Crippen LogP contribution in [0.5, 0.6) is 0 Å². The Hall–Kier alpha value is -1.81. The zero-order valence-electron chi connectivity index (χ0n) is 15.1. The Morgan fingerprint density at radius 2 is 1.89 bits per heavy atom. The molecule has 1 aliphatic carbocycles. The van der Waals surface area contributed by atoms with Gasteiger partial charge in [0.05, 0.1) is 29.7 Å². The summed E-state index contributed by atoms with van der Waals surface area (Å²) in [4.78, 5) is 13.9. The van der Waals surface area contributed by atoms with Crippen molar-refractivity contribution in [1.29, 1.82) is 0 Å². The average molecular weight is 408 g/mol. The summed E-state index contributed by atoms with van der Waals surface area (Å²) in [5.74, 6) is -0.594. The lowest BCUT2D eigenvalue weighted by Crippen LogP contribution is -2.50. The van der Waals surface area contributed by atoms with Gasteiger partial charge in [-0.05, 0) is 31.0 Å². The number of amides is 1. The highest BCUT2D eigenvalue weighted by Crippen LogP contribution is 2.32. The van der Waals surface area contributed by atoms with Gasteiger partial charge in [0.1, 0.15) is 6.54 Å². The lowest BCUT2D eigenvalue weighted by molar-refractivity contribution is -0.137. The largest absolute Gasteiger partial charge is 0.416 e. The van der Waals surface area contributed by atoms with Gasteiger partial charge >= 0.3 is 6.18 Å². The minimum absolute atomic E-state index is 0.238. The van der Waals surface area contributed by atoms with Crippen molar-refractivity contribution < 1.29 is 31.5 Å². The van der Waals surface area contributed by atoms with Crippen LogP contribution in [0.15, 0.2) is 24.3 Å². The topological polar surface area (TPSA) is 77.9 Å². The van der Waals surface area contributed by atoms with E-state index in [-0.39, 0.29) is 5.69 Å². The molecule has 6 nitrogen and oxygen atoms in total. The SMILES string of the molecule is CN(C(=O)CN(c1cccc(C(F)(F)F)c1)S(C)(=O)=O)C1CCCCC1O. The fraction of sp³-hybridized carbons (Fsp3) is 0.588. The highest BCUT2D eigenvalue weighted by atomic mass is 32.2. The third kappa shape index (κ3) is 5.35. The molecule has 0 spiro atoms. The van der Waals surface area contributed by atoms with Gasteiger partial charge in [0.2, 0.25) is 15.9 Å². The number of rotatable bonds is 5. The first-order valence-corrected chi connectivity index (χ1v) is 10.3. The van der Waals surface area contributed by atoms with E-state index in [4.69, 9.17) is 0 Å². The number of hydrogen-bond donors (Lipinski definition) is 1. The second-order valence-electron chi connectivity index (χ2n) is 6.74. The van der Waals surface area contributed by atoms with E-state index in [9.17, 15) is 31.5 Å². The molecule has 1 aliphatic rings. The van der Waals surface area contributed by atoms with Crippen LogP contribution < -0.4 is 4.31 Å². The van der Waals surface area contributed by atoms with Crippen LogP contribution in [0.4, 0.5) is 18.9 Å². The number of nitrogens with zero attached hydrogens (tertiary/aromatic N) is 2. The minimum atomic E-state index is -4.63. The summed E-state index contributed by atoms with van der Waals surface area (Å²) in [5.41, 5.74) is -1.24. The Kier molecular flexibility index (Phi) is 6.41. The lowest BCUT2D eigenvalue weighted by Gasteiger charge is -2.36. The number of carbonyl (C=O) groups excluding carboxylic acids is 1. The summed E-state index contributed by atoms with van der Waals surface area (Å²) in [6.45, 7) is -0.639. The third-order valence-corrected chi connectivity index (χ3v) is 5.87. The molecule has 0 aromatic heterocycles. The Balaban J connectivity index is 2.26. The Morgan fingerprint density at radius 1 is 1.26 bits per heavy atom. The van der Waals surface area contributed by atoms with Crippen LogP contribution in [0.25, 0.3) is 0 Å². The van der Waals surface area contributed by atoms with Crippen molar-refractivity contribution in [2.45, 2.75) is 44.0 Å². The van der Waals surface area contributed by atoms with Crippen molar-refractivity contribution in [3.8, 4) is 0 Å². The van der Waals surface area contributed by atoms with E-state index >= 15 is 0 Å². The molecule has 1 aromatic rings. The number of halogens is 3. The highest BCUT2D eigenvalue weighted by molar-refractivity contribution is 7.92. The summed E-state index contributed by atoms with van der Waals surface area (Å²) in [6.07, 6.45) is -1.69. The number of aliphatic hydroxyl groups excluding tert-OH is 1. The van der Waals surface area contributed by atoms with E-state index in [1.165, 1.54) is 18.0 Å². The molecule has 152 valence electrons. The van der Waals surface area contributed by atoms with Crippen LogP contribution in [0.1, 0.15) is 31.2 Å². The van der Waals surface area contributed by atoms with Gasteiger partial charge in [-0.1, -0.05) is 18.9 Å². The molecule has 0 saturated heterocycles. The van der Waals surface area contributed by atoms with Gasteiger partial charge in [0.15, 0.2) is 0 Å². The molecule has 0 heterocycles. The van der Waals surface area contributed by atoms with Crippen LogP contribution in [-0.2, 0) is 21.0 Å². The summed E-state index contributed by atoms with van der Waals surface area (Å²) in [7, 11) is -2.53. The second kappa shape index (κ2) is 8.05. The van der Waals surface area contributed by atoms with Gasteiger partial charge in [-0.3, -0.25) is 9.10 Å². The van der Waals surface area contributed by atoms with Crippen molar-refractivity contribution in [3.05, 3.63) is 29.8 Å². The zero-order chi connectivity index (χ0) is 20.4. The quantitative estimate of drug-likeness (QED) is 0.811. The second-order valence-corrected chi connectivity index (χ2v) is 8.65. The van der Waals surface area contributed by atoms with Crippen molar-refractivity contribution in [3.63, 3.8) is 0 Å². The van der Waals surface area contributed by atoms with Gasteiger partial charge < -0.3 is 10.0 Å². The van der Waals surface area contributed by atoms with Gasteiger partial charge in [-0.2, -0.15) is 13.2 Å². The molecular weight excluding hydrogens is 385 g/mol. The van der Waals surface area contributed by atoms with Gasteiger partial charge in [-0.25, -0.2) is 8.42 Å². The van der Waals surface area contributed by atoms with Crippen molar-refractivity contribution in [2.75, 3.05) is 24.2 Å². The number of hydrogen-bond acceptors (Lipinski definition) is 4. The maximum atomic E-state index is 12.9. The van der Waals surface area contributed by atoms with E-state index in [0.717, 1.165) is 31.2 Å². The zero-order valence-corrected chi connectivity index (χ0v) is 15.9. The first-order chi connectivity index (χ1) is 12.4. The first kappa shape index (κ1) is 21.5. The molecule has 1 aromatic carbocycles. The van der Waals surface area contributed by atoms with E-state index < -0.39 is 46.4 Å².